The summed E-state index contributed by atoms with van der Waals surface area (Å²) in [5.41, 5.74) is 0.962. The van der Waals surface area contributed by atoms with Crippen LogP contribution in [0.15, 0.2) is 24.3 Å². The minimum atomic E-state index is -2.61. The lowest BCUT2D eigenvalue weighted by Gasteiger charge is -2.32. The van der Waals surface area contributed by atoms with E-state index in [0.717, 1.165) is 4.90 Å². The molecule has 7 heteroatoms. The van der Waals surface area contributed by atoms with Crippen LogP contribution in [0.25, 0.3) is 5.70 Å². The third kappa shape index (κ3) is 4.45. The van der Waals surface area contributed by atoms with Crippen LogP contribution in [0.3, 0.4) is 0 Å². The minimum Gasteiger partial charge on any atom is -0.491 e. The average Bonchev–Trinajstić information content (AvgIpc) is 2.53. The summed E-state index contributed by atoms with van der Waals surface area (Å²) < 4.78 is 36.1. The quantitative estimate of drug-likeness (QED) is 0.694. The van der Waals surface area contributed by atoms with E-state index in [4.69, 9.17) is 21.1 Å². The lowest BCUT2D eigenvalue weighted by atomic mass is 9.97. The van der Waals surface area contributed by atoms with Gasteiger partial charge in [0.25, 0.3) is 6.43 Å². The van der Waals surface area contributed by atoms with Crippen molar-refractivity contribution in [2.45, 2.75) is 19.8 Å². The number of allylic oxidation sites excluding steroid dienone is 1. The number of benzene rings is 1. The fraction of sp³-hybridized carbons (Fsp3) is 0.471. The van der Waals surface area contributed by atoms with Gasteiger partial charge in [-0.25, -0.2) is 8.78 Å². The molecule has 0 spiro atoms. The van der Waals surface area contributed by atoms with Crippen LogP contribution >= 0.6 is 11.6 Å². The van der Waals surface area contributed by atoms with Gasteiger partial charge in [0.1, 0.15) is 12.4 Å². The van der Waals surface area contributed by atoms with Gasteiger partial charge in [-0.1, -0.05) is 24.6 Å². The van der Waals surface area contributed by atoms with Crippen molar-refractivity contribution in [2.24, 2.45) is 5.92 Å². The first-order chi connectivity index (χ1) is 11.4. The summed E-state index contributed by atoms with van der Waals surface area (Å²) >= 11 is 6.28. The molecule has 1 aliphatic heterocycles. The minimum absolute atomic E-state index is 0.315. The SMILES string of the molecule is COCCOc1ccc(C2=CCC(C)C(=O)N2CC(F)F)c(Cl)c1. The Labute approximate surface area is 145 Å². The van der Waals surface area contributed by atoms with E-state index in [-0.39, 0.29) is 11.8 Å². The summed E-state index contributed by atoms with van der Waals surface area (Å²) in [6.45, 7) is 1.90. The molecule has 0 saturated heterocycles. The number of amides is 1. The highest BCUT2D eigenvalue weighted by Gasteiger charge is 2.31. The maximum atomic E-state index is 12.9. The molecule has 1 unspecified atom stereocenters. The van der Waals surface area contributed by atoms with Crippen molar-refractivity contribution in [3.05, 3.63) is 34.9 Å². The van der Waals surface area contributed by atoms with Crippen LogP contribution in [0.5, 0.6) is 5.75 Å². The lowest BCUT2D eigenvalue weighted by Crippen LogP contribution is -2.39. The van der Waals surface area contributed by atoms with E-state index < -0.39 is 13.0 Å². The molecule has 1 atom stereocenters. The molecule has 0 aromatic heterocycles. The molecule has 0 bridgehead atoms. The second-order valence-electron chi connectivity index (χ2n) is 5.55. The monoisotopic (exact) mass is 359 g/mol. The highest BCUT2D eigenvalue weighted by molar-refractivity contribution is 6.32. The Morgan fingerprint density at radius 1 is 1.38 bits per heavy atom. The van der Waals surface area contributed by atoms with Crippen LogP contribution in [0, 0.1) is 5.92 Å². The molecule has 0 fully saturated rings. The zero-order chi connectivity index (χ0) is 17.7. The number of carbonyl (C=O) groups is 1. The first-order valence-corrected chi connectivity index (χ1v) is 8.03. The van der Waals surface area contributed by atoms with Crippen LogP contribution in [-0.2, 0) is 9.53 Å². The van der Waals surface area contributed by atoms with Crippen LogP contribution in [0.1, 0.15) is 18.9 Å². The number of ether oxygens (including phenoxy) is 2. The summed E-state index contributed by atoms with van der Waals surface area (Å²) in [5, 5.41) is 0.345. The average molecular weight is 360 g/mol. The van der Waals surface area contributed by atoms with Crippen molar-refractivity contribution in [1.82, 2.24) is 4.90 Å². The van der Waals surface area contributed by atoms with E-state index in [1.54, 1.807) is 38.3 Å². The molecular formula is C17H20ClF2NO3. The van der Waals surface area contributed by atoms with Gasteiger partial charge >= 0.3 is 0 Å². The van der Waals surface area contributed by atoms with Crippen molar-refractivity contribution < 1.29 is 23.0 Å². The molecule has 1 aliphatic rings. The Hall–Kier alpha value is -1.66. The lowest BCUT2D eigenvalue weighted by molar-refractivity contribution is -0.133. The maximum absolute atomic E-state index is 12.9. The van der Waals surface area contributed by atoms with Crippen molar-refractivity contribution in [1.29, 1.82) is 0 Å². The Morgan fingerprint density at radius 3 is 2.75 bits per heavy atom. The molecule has 0 aliphatic carbocycles. The van der Waals surface area contributed by atoms with Gasteiger partial charge < -0.3 is 14.4 Å². The molecule has 4 nitrogen and oxygen atoms in total. The zero-order valence-corrected chi connectivity index (χ0v) is 14.4. The van der Waals surface area contributed by atoms with Gasteiger partial charge in [-0.05, 0) is 24.6 Å². The highest BCUT2D eigenvalue weighted by Crippen LogP contribution is 2.34. The van der Waals surface area contributed by atoms with Crippen molar-refractivity contribution in [3.8, 4) is 5.75 Å². The molecule has 132 valence electrons. The van der Waals surface area contributed by atoms with Gasteiger partial charge in [0.15, 0.2) is 0 Å². The molecule has 2 rings (SSSR count). The van der Waals surface area contributed by atoms with Crippen molar-refractivity contribution in [3.63, 3.8) is 0 Å². The summed E-state index contributed by atoms with van der Waals surface area (Å²) in [6, 6.07) is 4.98. The molecule has 1 heterocycles. The van der Waals surface area contributed by atoms with Crippen LogP contribution in [0.2, 0.25) is 5.02 Å². The number of carbonyl (C=O) groups excluding carboxylic acids is 1. The first-order valence-electron chi connectivity index (χ1n) is 7.65. The van der Waals surface area contributed by atoms with E-state index in [9.17, 15) is 13.6 Å². The molecule has 0 N–H and O–H groups in total. The summed E-state index contributed by atoms with van der Waals surface area (Å²) in [5.74, 6) is -0.0791. The number of methoxy groups -OCH3 is 1. The summed E-state index contributed by atoms with van der Waals surface area (Å²) in [4.78, 5) is 13.4. The number of rotatable bonds is 7. The molecular weight excluding hydrogens is 340 g/mol. The van der Waals surface area contributed by atoms with E-state index >= 15 is 0 Å². The number of nitrogens with zero attached hydrogens (tertiary/aromatic N) is 1. The summed E-state index contributed by atoms with van der Waals surface area (Å²) in [7, 11) is 1.57. The Balaban J connectivity index is 2.26. The van der Waals surface area contributed by atoms with Crippen molar-refractivity contribution >= 4 is 23.2 Å². The van der Waals surface area contributed by atoms with Gasteiger partial charge in [-0.2, -0.15) is 0 Å². The van der Waals surface area contributed by atoms with E-state index in [1.807, 2.05) is 0 Å². The highest BCUT2D eigenvalue weighted by atomic mass is 35.5. The van der Waals surface area contributed by atoms with Crippen molar-refractivity contribution in [2.75, 3.05) is 26.9 Å². The first kappa shape index (κ1) is 18.7. The van der Waals surface area contributed by atoms with Crippen LogP contribution < -0.4 is 4.74 Å². The largest absolute Gasteiger partial charge is 0.491 e. The Kier molecular flexibility index (Phi) is 6.57. The number of hydrogen-bond acceptors (Lipinski definition) is 3. The molecule has 1 aromatic rings. The van der Waals surface area contributed by atoms with Gasteiger partial charge in [-0.3, -0.25) is 4.79 Å². The second-order valence-corrected chi connectivity index (χ2v) is 5.96. The topological polar surface area (TPSA) is 38.8 Å². The third-order valence-electron chi connectivity index (χ3n) is 3.74. The Morgan fingerprint density at radius 2 is 2.12 bits per heavy atom. The van der Waals surface area contributed by atoms with E-state index in [0.29, 0.717) is 41.7 Å². The van der Waals surface area contributed by atoms with Gasteiger partial charge in [0, 0.05) is 24.3 Å². The zero-order valence-electron chi connectivity index (χ0n) is 13.6. The fourth-order valence-corrected chi connectivity index (χ4v) is 2.77. The molecule has 0 saturated carbocycles. The molecule has 1 aromatic carbocycles. The smallest absolute Gasteiger partial charge is 0.256 e. The predicted molar refractivity (Wildman–Crippen MR) is 88.3 cm³/mol. The standard InChI is InChI=1S/C17H20ClF2NO3/c1-11-3-6-15(21(17(11)22)10-16(19)20)13-5-4-12(9-14(13)18)24-8-7-23-2/h4-6,9,11,16H,3,7-8,10H2,1-2H3. The number of halogens is 3. The molecule has 24 heavy (non-hydrogen) atoms. The van der Waals surface area contributed by atoms with Gasteiger partial charge in [-0.15, -0.1) is 0 Å². The van der Waals surface area contributed by atoms with E-state index in [1.165, 1.54) is 0 Å². The second kappa shape index (κ2) is 8.44. The normalized spacial score (nSPS) is 18.1. The van der Waals surface area contributed by atoms with Crippen LogP contribution in [0.4, 0.5) is 8.78 Å². The predicted octanol–water partition coefficient (Wildman–Crippen LogP) is 3.84. The third-order valence-corrected chi connectivity index (χ3v) is 4.05. The number of hydrogen-bond donors (Lipinski definition) is 0. The molecule has 0 radical (unpaired) electrons. The maximum Gasteiger partial charge on any atom is 0.256 e. The fourth-order valence-electron chi connectivity index (χ4n) is 2.50. The Bertz CT molecular complexity index is 622. The van der Waals surface area contributed by atoms with Gasteiger partial charge in [0.05, 0.1) is 18.2 Å². The summed E-state index contributed by atoms with van der Waals surface area (Å²) in [6.07, 6.45) is -0.338. The van der Waals surface area contributed by atoms with E-state index in [2.05, 4.69) is 0 Å². The molecule has 1 amide bonds. The van der Waals surface area contributed by atoms with Gasteiger partial charge in [0.2, 0.25) is 5.91 Å². The van der Waals surface area contributed by atoms with Crippen LogP contribution in [-0.4, -0.2) is 44.1 Å². The number of alkyl halides is 2.